The van der Waals surface area contributed by atoms with Crippen molar-refractivity contribution in [2.75, 3.05) is 31.1 Å². The van der Waals surface area contributed by atoms with Gasteiger partial charge in [-0.3, -0.25) is 14.4 Å². The lowest BCUT2D eigenvalue weighted by atomic mass is 9.85. The van der Waals surface area contributed by atoms with Crippen LogP contribution >= 0.6 is 11.3 Å². The summed E-state index contributed by atoms with van der Waals surface area (Å²) in [4.78, 5) is 43.2. The van der Waals surface area contributed by atoms with Gasteiger partial charge in [-0.1, -0.05) is 6.92 Å². The molecule has 0 bridgehead atoms. The first kappa shape index (κ1) is 22.0. The number of amides is 1. The quantitative estimate of drug-likeness (QED) is 0.626. The van der Waals surface area contributed by atoms with Crippen LogP contribution in [0.15, 0.2) is 23.3 Å². The molecule has 4 heterocycles. The minimum Gasteiger partial charge on any atom is -0.483 e. The number of carbonyl (C=O) groups is 2. The molecule has 2 aromatic heterocycles. The molecular weight excluding hydrogens is 408 g/mol. The molecule has 162 valence electrons. The lowest BCUT2D eigenvalue weighted by Gasteiger charge is -2.44. The largest absolute Gasteiger partial charge is 0.483 e. The number of anilines is 1. The molecular formula is C20H26N4O5S. The fourth-order valence-electron chi connectivity index (χ4n) is 3.86. The molecule has 0 atom stereocenters. The van der Waals surface area contributed by atoms with Crippen molar-refractivity contribution in [3.8, 4) is 0 Å². The van der Waals surface area contributed by atoms with E-state index in [-0.39, 0.29) is 23.5 Å². The maximum Gasteiger partial charge on any atom is 0.290 e. The molecule has 1 spiro atoms. The van der Waals surface area contributed by atoms with Crippen molar-refractivity contribution >= 4 is 29.5 Å². The lowest BCUT2D eigenvalue weighted by Crippen LogP contribution is -2.46. The molecule has 1 fully saturated rings. The van der Waals surface area contributed by atoms with E-state index in [9.17, 15) is 9.59 Å². The van der Waals surface area contributed by atoms with E-state index in [0.29, 0.717) is 19.0 Å². The van der Waals surface area contributed by atoms with E-state index >= 15 is 0 Å². The number of hydrogen-bond donors (Lipinski definition) is 3. The average Bonchev–Trinajstić information content (AvgIpc) is 3.19. The predicted octanol–water partition coefficient (Wildman–Crippen LogP) is 1.74. The van der Waals surface area contributed by atoms with Crippen LogP contribution in [0.4, 0.5) is 5.82 Å². The number of hydrogen-bond acceptors (Lipinski definition) is 7. The number of carboxylic acid groups (broad SMARTS) is 1. The minimum atomic E-state index is -0.320. The Kier molecular flexibility index (Phi) is 7.22. The molecule has 2 aliphatic rings. The first-order valence-corrected chi connectivity index (χ1v) is 10.8. The second-order valence-electron chi connectivity index (χ2n) is 7.18. The molecule has 4 rings (SSSR count). The average molecular weight is 435 g/mol. The van der Waals surface area contributed by atoms with Crippen molar-refractivity contribution in [3.05, 3.63) is 44.1 Å². The first-order chi connectivity index (χ1) is 14.5. The Hall–Kier alpha value is -2.72. The number of rotatable bonds is 4. The summed E-state index contributed by atoms with van der Waals surface area (Å²) in [6.07, 6.45) is 4.87. The number of nitrogens with zero attached hydrogens (tertiary/aromatic N) is 2. The number of H-pyrrole nitrogens is 1. The Morgan fingerprint density at radius 3 is 2.83 bits per heavy atom. The monoisotopic (exact) mass is 434 g/mol. The van der Waals surface area contributed by atoms with Gasteiger partial charge < -0.3 is 25.0 Å². The summed E-state index contributed by atoms with van der Waals surface area (Å²) < 4.78 is 6.28. The van der Waals surface area contributed by atoms with Crippen LogP contribution in [0.1, 0.15) is 46.3 Å². The Balaban J connectivity index is 0.000000806. The van der Waals surface area contributed by atoms with Crippen LogP contribution in [0, 0.1) is 0 Å². The first-order valence-electron chi connectivity index (χ1n) is 9.96. The molecule has 0 unspecified atom stereocenters. The van der Waals surface area contributed by atoms with Crippen molar-refractivity contribution in [2.45, 2.75) is 38.2 Å². The van der Waals surface area contributed by atoms with Crippen molar-refractivity contribution < 1.29 is 19.4 Å². The number of piperidine rings is 1. The molecule has 9 nitrogen and oxygen atoms in total. The smallest absolute Gasteiger partial charge is 0.290 e. The van der Waals surface area contributed by atoms with Gasteiger partial charge in [-0.2, -0.15) is 0 Å². The molecule has 1 amide bonds. The van der Waals surface area contributed by atoms with Crippen LogP contribution in [-0.2, 0) is 21.6 Å². The van der Waals surface area contributed by atoms with Crippen molar-refractivity contribution in [3.63, 3.8) is 0 Å². The number of fused-ring (bicyclic) bond motifs is 2. The summed E-state index contributed by atoms with van der Waals surface area (Å²) in [6, 6.07) is 3.58. The summed E-state index contributed by atoms with van der Waals surface area (Å²) in [5, 5.41) is 9.85. The molecule has 0 saturated carbocycles. The van der Waals surface area contributed by atoms with Gasteiger partial charge in [0.15, 0.2) is 0 Å². The van der Waals surface area contributed by atoms with Crippen LogP contribution in [0.25, 0.3) is 0 Å². The van der Waals surface area contributed by atoms with Gasteiger partial charge >= 0.3 is 0 Å². The maximum atomic E-state index is 12.4. The fraction of sp³-hybridized carbons (Fsp3) is 0.500. The van der Waals surface area contributed by atoms with Gasteiger partial charge in [0.1, 0.15) is 11.4 Å². The number of carbonyl (C=O) groups excluding carboxylic acids is 1. The highest BCUT2D eigenvalue weighted by molar-refractivity contribution is 7.14. The molecule has 0 aromatic carbocycles. The second-order valence-corrected chi connectivity index (χ2v) is 8.23. The lowest BCUT2D eigenvalue weighted by molar-refractivity contribution is -0.122. The molecule has 2 aromatic rings. The highest BCUT2D eigenvalue weighted by Crippen LogP contribution is 2.45. The van der Waals surface area contributed by atoms with Crippen LogP contribution < -0.4 is 15.8 Å². The van der Waals surface area contributed by atoms with Crippen molar-refractivity contribution in [1.29, 1.82) is 0 Å². The topological polar surface area (TPSA) is 125 Å². The van der Waals surface area contributed by atoms with Gasteiger partial charge in [0.25, 0.3) is 17.9 Å². The number of aromatic amines is 1. The fourth-order valence-corrected chi connectivity index (χ4v) is 5.19. The van der Waals surface area contributed by atoms with Gasteiger partial charge in [-0.25, -0.2) is 4.98 Å². The third-order valence-corrected chi connectivity index (χ3v) is 6.65. The van der Waals surface area contributed by atoms with Crippen LogP contribution in [0.3, 0.4) is 0 Å². The minimum absolute atomic E-state index is 0.0107. The van der Waals surface area contributed by atoms with Gasteiger partial charge in [0, 0.05) is 30.6 Å². The Morgan fingerprint density at radius 2 is 2.17 bits per heavy atom. The zero-order chi connectivity index (χ0) is 21.6. The SMILES string of the molecule is CCCNC(=O)c1cc2c(s1)C1(CCN(c3cc(=O)[nH]cn3)CC1)OCC2.O=CO. The van der Waals surface area contributed by atoms with E-state index in [1.807, 2.05) is 13.0 Å². The Labute approximate surface area is 178 Å². The van der Waals surface area contributed by atoms with E-state index in [4.69, 9.17) is 14.6 Å². The highest BCUT2D eigenvalue weighted by atomic mass is 32.1. The molecule has 0 radical (unpaired) electrons. The summed E-state index contributed by atoms with van der Waals surface area (Å²) in [5.41, 5.74) is 0.785. The molecule has 0 aliphatic carbocycles. The predicted molar refractivity (Wildman–Crippen MR) is 113 cm³/mol. The third kappa shape index (κ3) is 4.71. The van der Waals surface area contributed by atoms with Gasteiger partial charge in [0.05, 0.1) is 17.8 Å². The van der Waals surface area contributed by atoms with E-state index in [1.165, 1.54) is 22.8 Å². The number of aromatic nitrogens is 2. The standard InChI is InChI=1S/C19H24N4O3S.CH2O2/c1-2-6-20-18(25)14-10-13-3-9-26-19(17(13)27-14)4-7-23(8-5-19)15-11-16(24)22-12-21-15;2-1-3/h10-12H,2-9H2,1H3,(H,20,25)(H,21,22,24);1H,(H,2,3). The molecule has 3 N–H and O–H groups in total. The summed E-state index contributed by atoms with van der Waals surface area (Å²) in [7, 11) is 0. The summed E-state index contributed by atoms with van der Waals surface area (Å²) >= 11 is 1.57. The highest BCUT2D eigenvalue weighted by Gasteiger charge is 2.43. The maximum absolute atomic E-state index is 12.4. The van der Waals surface area contributed by atoms with E-state index in [0.717, 1.165) is 43.6 Å². The third-order valence-electron chi connectivity index (χ3n) is 5.29. The Morgan fingerprint density at radius 1 is 1.43 bits per heavy atom. The van der Waals surface area contributed by atoms with E-state index in [1.54, 1.807) is 11.3 Å². The summed E-state index contributed by atoms with van der Waals surface area (Å²) in [6.45, 7) is 4.71. The van der Waals surface area contributed by atoms with Crippen LogP contribution in [0.5, 0.6) is 0 Å². The van der Waals surface area contributed by atoms with Crippen LogP contribution in [0.2, 0.25) is 0 Å². The summed E-state index contributed by atoms with van der Waals surface area (Å²) in [5.74, 6) is 0.715. The molecule has 10 heteroatoms. The van der Waals surface area contributed by atoms with E-state index < -0.39 is 0 Å². The number of thiophene rings is 1. The Bertz CT molecular complexity index is 933. The van der Waals surface area contributed by atoms with E-state index in [2.05, 4.69) is 20.2 Å². The van der Waals surface area contributed by atoms with Crippen molar-refractivity contribution in [1.82, 2.24) is 15.3 Å². The molecule has 1 saturated heterocycles. The van der Waals surface area contributed by atoms with Crippen molar-refractivity contribution in [2.24, 2.45) is 0 Å². The molecule has 30 heavy (non-hydrogen) atoms. The van der Waals surface area contributed by atoms with Gasteiger partial charge in [-0.05, 0) is 37.3 Å². The van der Waals surface area contributed by atoms with Gasteiger partial charge in [0.2, 0.25) is 0 Å². The zero-order valence-corrected chi connectivity index (χ0v) is 17.7. The van der Waals surface area contributed by atoms with Gasteiger partial charge in [-0.15, -0.1) is 11.3 Å². The molecule has 2 aliphatic heterocycles. The number of nitrogens with one attached hydrogen (secondary N) is 2. The second kappa shape index (κ2) is 9.86. The zero-order valence-electron chi connectivity index (χ0n) is 16.8. The van der Waals surface area contributed by atoms with Crippen LogP contribution in [-0.4, -0.2) is 53.7 Å². The number of ether oxygens (including phenoxy) is 1. The normalized spacial score (nSPS) is 16.9.